The molecule has 0 aliphatic heterocycles. The summed E-state index contributed by atoms with van der Waals surface area (Å²) in [5.74, 6) is 0.793. The Morgan fingerprint density at radius 3 is 2.89 bits per heavy atom. The van der Waals surface area contributed by atoms with E-state index in [0.29, 0.717) is 12.2 Å². The first kappa shape index (κ1) is 12.9. The van der Waals surface area contributed by atoms with Crippen molar-refractivity contribution in [3.8, 4) is 11.8 Å². The third kappa shape index (κ3) is 3.75. The van der Waals surface area contributed by atoms with E-state index in [0.717, 1.165) is 24.9 Å². The lowest BCUT2D eigenvalue weighted by atomic mass is 10.2. The molecule has 1 aliphatic rings. The van der Waals surface area contributed by atoms with Crippen LogP contribution in [0.1, 0.15) is 31.7 Å². The van der Waals surface area contributed by atoms with Gasteiger partial charge in [0, 0.05) is 12.6 Å². The van der Waals surface area contributed by atoms with Crippen LogP contribution in [-0.2, 0) is 0 Å². The van der Waals surface area contributed by atoms with Gasteiger partial charge in [0.15, 0.2) is 0 Å². The minimum atomic E-state index is 0.653. The first-order valence-corrected chi connectivity index (χ1v) is 6.70. The van der Waals surface area contributed by atoms with Crippen LogP contribution in [0.4, 0.5) is 0 Å². The van der Waals surface area contributed by atoms with Crippen molar-refractivity contribution in [2.75, 3.05) is 19.7 Å². The normalized spacial score (nSPS) is 14.5. The predicted octanol–water partition coefficient (Wildman–Crippen LogP) is 2.81. The molecule has 0 atom stereocenters. The quantitative estimate of drug-likeness (QED) is 0.740. The molecule has 1 aliphatic carbocycles. The predicted molar refractivity (Wildman–Crippen MR) is 71.5 cm³/mol. The highest BCUT2D eigenvalue weighted by Gasteiger charge is 2.27. The third-order valence-electron chi connectivity index (χ3n) is 3.18. The van der Waals surface area contributed by atoms with Gasteiger partial charge in [-0.1, -0.05) is 13.0 Å². The molecule has 1 fully saturated rings. The number of ether oxygens (including phenoxy) is 1. The summed E-state index contributed by atoms with van der Waals surface area (Å²) in [6.07, 6.45) is 3.87. The van der Waals surface area contributed by atoms with Crippen molar-refractivity contribution < 1.29 is 4.74 Å². The summed E-state index contributed by atoms with van der Waals surface area (Å²) in [7, 11) is 0. The Bertz CT molecular complexity index is 421. The van der Waals surface area contributed by atoms with Gasteiger partial charge in [-0.05, 0) is 44.0 Å². The summed E-state index contributed by atoms with van der Waals surface area (Å²) in [5, 5.41) is 8.81. The molecule has 0 amide bonds. The standard InChI is InChI=1S/C15H20N2O/c1-2-8-17(14-6-7-14)9-10-18-15-5-3-4-13(11-15)12-16/h3-5,11,14H,2,6-10H2,1H3. The third-order valence-corrected chi connectivity index (χ3v) is 3.18. The van der Waals surface area contributed by atoms with Crippen LogP contribution in [-0.4, -0.2) is 30.6 Å². The summed E-state index contributed by atoms with van der Waals surface area (Å²) >= 11 is 0. The lowest BCUT2D eigenvalue weighted by Crippen LogP contribution is -2.31. The van der Waals surface area contributed by atoms with Crippen LogP contribution in [0.25, 0.3) is 0 Å². The van der Waals surface area contributed by atoms with Gasteiger partial charge in [0.05, 0.1) is 11.6 Å². The second-order valence-electron chi connectivity index (χ2n) is 4.76. The SMILES string of the molecule is CCCN(CCOc1cccc(C#N)c1)C1CC1. The Kier molecular flexibility index (Phi) is 4.60. The maximum Gasteiger partial charge on any atom is 0.120 e. The van der Waals surface area contributed by atoms with Crippen LogP contribution < -0.4 is 4.74 Å². The highest BCUT2D eigenvalue weighted by molar-refractivity contribution is 5.36. The molecule has 18 heavy (non-hydrogen) atoms. The largest absolute Gasteiger partial charge is 0.492 e. The number of nitriles is 1. The van der Waals surface area contributed by atoms with Crippen molar-refractivity contribution in [3.05, 3.63) is 29.8 Å². The fourth-order valence-electron chi connectivity index (χ4n) is 2.14. The van der Waals surface area contributed by atoms with Gasteiger partial charge in [0.25, 0.3) is 0 Å². The number of rotatable bonds is 7. The second kappa shape index (κ2) is 6.42. The van der Waals surface area contributed by atoms with Gasteiger partial charge in [-0.3, -0.25) is 4.90 Å². The topological polar surface area (TPSA) is 36.3 Å². The minimum absolute atomic E-state index is 0.653. The zero-order valence-corrected chi connectivity index (χ0v) is 10.9. The molecule has 96 valence electrons. The van der Waals surface area contributed by atoms with E-state index in [1.54, 1.807) is 12.1 Å². The van der Waals surface area contributed by atoms with Crippen LogP contribution in [0.2, 0.25) is 0 Å². The van der Waals surface area contributed by atoms with Crippen molar-refractivity contribution in [3.63, 3.8) is 0 Å². The van der Waals surface area contributed by atoms with Gasteiger partial charge in [-0.15, -0.1) is 0 Å². The van der Waals surface area contributed by atoms with E-state index in [-0.39, 0.29) is 0 Å². The van der Waals surface area contributed by atoms with Gasteiger partial charge >= 0.3 is 0 Å². The zero-order valence-electron chi connectivity index (χ0n) is 10.9. The molecule has 3 nitrogen and oxygen atoms in total. The van der Waals surface area contributed by atoms with E-state index in [1.807, 2.05) is 12.1 Å². The fraction of sp³-hybridized carbons (Fsp3) is 0.533. The molecular formula is C15H20N2O. The summed E-state index contributed by atoms with van der Waals surface area (Å²) in [6, 6.07) is 10.3. The molecule has 0 radical (unpaired) electrons. The van der Waals surface area contributed by atoms with Crippen LogP contribution in [0.15, 0.2) is 24.3 Å². The van der Waals surface area contributed by atoms with Gasteiger partial charge in [-0.25, -0.2) is 0 Å². The van der Waals surface area contributed by atoms with Crippen LogP contribution in [0, 0.1) is 11.3 Å². The van der Waals surface area contributed by atoms with Crippen molar-refractivity contribution in [2.45, 2.75) is 32.2 Å². The molecule has 1 saturated carbocycles. The van der Waals surface area contributed by atoms with Gasteiger partial charge in [0.1, 0.15) is 12.4 Å². The number of hydrogen-bond donors (Lipinski definition) is 0. The average molecular weight is 244 g/mol. The van der Waals surface area contributed by atoms with Gasteiger partial charge in [0.2, 0.25) is 0 Å². The summed E-state index contributed by atoms with van der Waals surface area (Å²) in [4.78, 5) is 2.51. The molecule has 0 heterocycles. The first-order valence-electron chi connectivity index (χ1n) is 6.70. The van der Waals surface area contributed by atoms with Crippen molar-refractivity contribution >= 4 is 0 Å². The summed E-state index contributed by atoms with van der Waals surface area (Å²) in [5.41, 5.74) is 0.653. The molecule has 0 aromatic heterocycles. The highest BCUT2D eigenvalue weighted by atomic mass is 16.5. The second-order valence-corrected chi connectivity index (χ2v) is 4.76. The Hall–Kier alpha value is -1.53. The smallest absolute Gasteiger partial charge is 0.120 e. The van der Waals surface area contributed by atoms with E-state index >= 15 is 0 Å². The molecule has 0 N–H and O–H groups in total. The number of nitrogens with zero attached hydrogens (tertiary/aromatic N) is 2. The molecule has 0 saturated heterocycles. The van der Waals surface area contributed by atoms with Gasteiger partial charge < -0.3 is 4.74 Å². The number of hydrogen-bond acceptors (Lipinski definition) is 3. The van der Waals surface area contributed by atoms with Crippen molar-refractivity contribution in [1.29, 1.82) is 5.26 Å². The minimum Gasteiger partial charge on any atom is -0.492 e. The lowest BCUT2D eigenvalue weighted by molar-refractivity contribution is 0.202. The Labute approximate surface area is 109 Å². The molecule has 0 bridgehead atoms. The Balaban J connectivity index is 1.78. The van der Waals surface area contributed by atoms with E-state index in [1.165, 1.54) is 19.3 Å². The maximum atomic E-state index is 8.81. The molecule has 1 aromatic carbocycles. The first-order chi connectivity index (χ1) is 8.83. The van der Waals surface area contributed by atoms with E-state index in [4.69, 9.17) is 10.00 Å². The Morgan fingerprint density at radius 2 is 2.22 bits per heavy atom. The molecule has 0 unspecified atom stereocenters. The van der Waals surface area contributed by atoms with Crippen LogP contribution >= 0.6 is 0 Å². The lowest BCUT2D eigenvalue weighted by Gasteiger charge is -2.21. The molecule has 2 rings (SSSR count). The van der Waals surface area contributed by atoms with E-state index in [9.17, 15) is 0 Å². The highest BCUT2D eigenvalue weighted by Crippen LogP contribution is 2.26. The van der Waals surface area contributed by atoms with Crippen LogP contribution in [0.3, 0.4) is 0 Å². The summed E-state index contributed by atoms with van der Waals surface area (Å²) in [6.45, 7) is 5.06. The molecular weight excluding hydrogens is 224 g/mol. The average Bonchev–Trinajstić information content (AvgIpc) is 3.22. The fourth-order valence-corrected chi connectivity index (χ4v) is 2.14. The zero-order chi connectivity index (χ0) is 12.8. The number of benzene rings is 1. The molecule has 3 heteroatoms. The Morgan fingerprint density at radius 1 is 1.39 bits per heavy atom. The monoisotopic (exact) mass is 244 g/mol. The van der Waals surface area contributed by atoms with E-state index in [2.05, 4.69) is 17.9 Å². The van der Waals surface area contributed by atoms with Crippen LogP contribution in [0.5, 0.6) is 5.75 Å². The summed E-state index contributed by atoms with van der Waals surface area (Å²) < 4.78 is 5.71. The van der Waals surface area contributed by atoms with Crippen molar-refractivity contribution in [2.24, 2.45) is 0 Å². The molecule has 0 spiro atoms. The maximum absolute atomic E-state index is 8.81. The van der Waals surface area contributed by atoms with Crippen molar-refractivity contribution in [1.82, 2.24) is 4.90 Å². The molecule has 1 aromatic rings. The van der Waals surface area contributed by atoms with Gasteiger partial charge in [-0.2, -0.15) is 5.26 Å². The van der Waals surface area contributed by atoms with E-state index < -0.39 is 0 Å².